The summed E-state index contributed by atoms with van der Waals surface area (Å²) in [6.45, 7) is 13.1. The number of rotatable bonds is 18. The van der Waals surface area contributed by atoms with Crippen molar-refractivity contribution in [2.75, 3.05) is 18.5 Å². The summed E-state index contributed by atoms with van der Waals surface area (Å²) in [6.07, 6.45) is 2.87. The van der Waals surface area contributed by atoms with Crippen molar-refractivity contribution in [1.29, 1.82) is 0 Å². The molecule has 0 aliphatic carbocycles. The van der Waals surface area contributed by atoms with Crippen molar-refractivity contribution in [3.05, 3.63) is 47.7 Å². The number of benzene rings is 1. The third-order valence-corrected chi connectivity index (χ3v) is 8.24. The highest BCUT2D eigenvalue weighted by atomic mass is 32.1. The summed E-state index contributed by atoms with van der Waals surface area (Å²) in [4.78, 5) is 68.2. The predicted octanol–water partition coefficient (Wildman–Crippen LogP) is 4.39. The van der Waals surface area contributed by atoms with Crippen molar-refractivity contribution in [2.24, 2.45) is 12.9 Å². The normalized spacial score (nSPS) is 12.4. The number of anilines is 1. The molecule has 0 bridgehead atoms. The molecule has 2 amide bonds. The Bertz CT molecular complexity index is 1740. The second-order valence-electron chi connectivity index (χ2n) is 14.3. The van der Waals surface area contributed by atoms with Crippen molar-refractivity contribution in [2.45, 2.75) is 97.2 Å². The third-order valence-electron chi connectivity index (χ3n) is 7.48. The van der Waals surface area contributed by atoms with E-state index in [1.54, 1.807) is 60.6 Å². The smallest absolute Gasteiger partial charge is 0.413 e. The van der Waals surface area contributed by atoms with Crippen LogP contribution in [0.4, 0.5) is 14.7 Å². The maximum absolute atomic E-state index is 12.6. The molecule has 17 nitrogen and oxygen atoms in total. The number of aryl methyl sites for hydroxylation is 2. The molecule has 0 radical (unpaired) electrons. The van der Waals surface area contributed by atoms with Gasteiger partial charge in [-0.25, -0.2) is 30.1 Å². The zero-order chi connectivity index (χ0) is 39.6. The number of carbonyl (C=O) groups is 5. The van der Waals surface area contributed by atoms with Gasteiger partial charge >= 0.3 is 24.1 Å². The van der Waals surface area contributed by atoms with E-state index < -0.39 is 52.8 Å². The molecule has 290 valence electrons. The number of nitrogens with one attached hydrogen (secondary N) is 2. The maximum Gasteiger partial charge on any atom is 0.413 e. The third kappa shape index (κ3) is 14.1. The van der Waals surface area contributed by atoms with Gasteiger partial charge in [0.25, 0.3) is 5.78 Å². The van der Waals surface area contributed by atoms with Crippen molar-refractivity contribution in [3.63, 3.8) is 0 Å². The van der Waals surface area contributed by atoms with Crippen molar-refractivity contribution in [3.8, 4) is 16.9 Å². The number of ether oxygens (including phenoxy) is 4. The molecule has 3 rings (SSSR count). The number of ketones is 1. The van der Waals surface area contributed by atoms with Gasteiger partial charge in [-0.15, -0.1) is 16.0 Å². The second-order valence-corrected chi connectivity index (χ2v) is 15.2. The molecule has 5 N–H and O–H groups in total. The van der Waals surface area contributed by atoms with Crippen LogP contribution in [0.5, 0.6) is 5.75 Å². The van der Waals surface area contributed by atoms with Gasteiger partial charge in [0.15, 0.2) is 12.2 Å². The molecule has 53 heavy (non-hydrogen) atoms. The molecule has 0 aliphatic rings. The number of nitrogens with two attached hydrogens (primary N) is 1. The van der Waals surface area contributed by atoms with Gasteiger partial charge in [-0.1, -0.05) is 12.1 Å². The average molecular weight is 762 g/mol. The van der Waals surface area contributed by atoms with Crippen LogP contribution in [0.2, 0.25) is 0 Å². The topological polar surface area (TPSA) is 224 Å². The van der Waals surface area contributed by atoms with E-state index >= 15 is 0 Å². The number of carboxylic acids is 1. The van der Waals surface area contributed by atoms with Crippen LogP contribution in [0.25, 0.3) is 11.1 Å². The first-order valence-electron chi connectivity index (χ1n) is 16.7. The average Bonchev–Trinajstić information content (AvgIpc) is 3.67. The van der Waals surface area contributed by atoms with E-state index in [1.165, 1.54) is 5.38 Å². The van der Waals surface area contributed by atoms with E-state index in [2.05, 4.69) is 15.6 Å². The summed E-state index contributed by atoms with van der Waals surface area (Å²) in [7, 11) is 1.92. The van der Waals surface area contributed by atoms with E-state index in [1.807, 2.05) is 40.9 Å². The quantitative estimate of drug-likeness (QED) is 0.0269. The summed E-state index contributed by atoms with van der Waals surface area (Å²) in [5, 5.41) is 15.2. The monoisotopic (exact) mass is 761 g/mol. The molecule has 0 saturated heterocycles. The lowest BCUT2D eigenvalue weighted by Gasteiger charge is -2.31. The Morgan fingerprint density at radius 1 is 0.943 bits per heavy atom. The lowest BCUT2D eigenvalue weighted by atomic mass is 9.94. The van der Waals surface area contributed by atoms with Gasteiger partial charge < -0.3 is 29.4 Å². The Hall–Kier alpha value is -5.07. The SMILES string of the molecule is C[n+]1cc(-c2ccc(OC[C@H](ON)C(=O)OC(C)(C)C)cc2)cn1CCCNC(=O)OC(C)(C)CCC(C)(C)OC(=O)Nc1nc(C(=O)C(=O)O)cs1. The first kappa shape index (κ1) is 42.3. The number of hydrogen-bond acceptors (Lipinski definition) is 13. The number of Topliss-reactive ketones (excluding diaryl/α,β-unsaturated/α-hetero) is 1. The molecule has 2 aromatic heterocycles. The van der Waals surface area contributed by atoms with E-state index in [-0.39, 0.29) is 17.4 Å². The first-order valence-corrected chi connectivity index (χ1v) is 17.6. The second kappa shape index (κ2) is 18.1. The number of hydrogen-bond donors (Lipinski definition) is 4. The molecule has 1 aromatic carbocycles. The van der Waals surface area contributed by atoms with Crippen LogP contribution in [0, 0.1) is 0 Å². The molecule has 0 saturated carbocycles. The molecule has 1 atom stereocenters. The Morgan fingerprint density at radius 2 is 1.57 bits per heavy atom. The summed E-state index contributed by atoms with van der Waals surface area (Å²) >= 11 is 0.892. The highest BCUT2D eigenvalue weighted by Crippen LogP contribution is 2.26. The number of esters is 1. The zero-order valence-electron chi connectivity index (χ0n) is 31.2. The molecular weight excluding hydrogens is 712 g/mol. The number of nitrogens with zero attached hydrogens (tertiary/aromatic N) is 3. The fourth-order valence-electron chi connectivity index (χ4n) is 4.71. The van der Waals surface area contributed by atoms with Crippen LogP contribution in [0.1, 0.15) is 78.2 Å². The molecule has 0 fully saturated rings. The van der Waals surface area contributed by atoms with Gasteiger partial charge in [-0.3, -0.25) is 14.9 Å². The Kier molecular flexibility index (Phi) is 14.5. The van der Waals surface area contributed by atoms with Crippen LogP contribution in [-0.4, -0.2) is 80.7 Å². The fourth-order valence-corrected chi connectivity index (χ4v) is 5.39. The number of aliphatic carboxylic acids is 1. The number of aromatic nitrogens is 3. The van der Waals surface area contributed by atoms with E-state index in [0.29, 0.717) is 38.1 Å². The maximum atomic E-state index is 12.6. The Morgan fingerprint density at radius 3 is 2.15 bits per heavy atom. The first-order chi connectivity index (χ1) is 24.7. The fraction of sp³-hybridized carbons (Fsp3) is 0.514. The zero-order valence-corrected chi connectivity index (χ0v) is 32.0. The van der Waals surface area contributed by atoms with Crippen LogP contribution >= 0.6 is 11.3 Å². The van der Waals surface area contributed by atoms with Gasteiger partial charge in [0.2, 0.25) is 12.3 Å². The predicted molar refractivity (Wildman–Crippen MR) is 192 cm³/mol. The van der Waals surface area contributed by atoms with Gasteiger partial charge in [0.1, 0.15) is 34.9 Å². The van der Waals surface area contributed by atoms with E-state index in [4.69, 9.17) is 34.8 Å². The summed E-state index contributed by atoms with van der Waals surface area (Å²) in [5.74, 6) is 2.37. The summed E-state index contributed by atoms with van der Waals surface area (Å²) in [6, 6.07) is 7.37. The lowest BCUT2D eigenvalue weighted by Crippen LogP contribution is -2.39. The van der Waals surface area contributed by atoms with Crippen molar-refractivity contribution in [1.82, 2.24) is 15.0 Å². The van der Waals surface area contributed by atoms with Gasteiger partial charge in [-0.05, 0) is 85.4 Å². The van der Waals surface area contributed by atoms with Gasteiger partial charge in [0, 0.05) is 11.9 Å². The minimum Gasteiger partial charge on any atom is -0.490 e. The van der Waals surface area contributed by atoms with Crippen molar-refractivity contribution < 1.29 is 57.5 Å². The molecule has 0 aliphatic heterocycles. The van der Waals surface area contributed by atoms with Crippen LogP contribution in [-0.2, 0) is 42.2 Å². The summed E-state index contributed by atoms with van der Waals surface area (Å²) < 4.78 is 26.1. The van der Waals surface area contributed by atoms with Gasteiger partial charge in [0.05, 0.1) is 18.3 Å². The Labute approximate surface area is 311 Å². The number of carboxylic acid groups (broad SMARTS) is 1. The number of thiazole rings is 1. The van der Waals surface area contributed by atoms with Crippen LogP contribution < -0.4 is 25.9 Å². The molecule has 0 unspecified atom stereocenters. The standard InChI is InChI=1S/C35H48N6O11S/c1-33(2,3)49-29(45)26(52-36)20-48-24-12-10-22(11-13-24)23-18-40(8)41(19-23)17-9-16-37-31(46)50-34(4,5)14-15-35(6,7)51-32(47)39-30-38-25(21-53-30)27(42)28(43)44/h10-13,18-19,21,26H,9,14-17,20,36H2,1-8H3,(H2-,37,38,39,43,44,46,47)/p+1/t26-/m0/s1. The van der Waals surface area contributed by atoms with E-state index in [0.717, 1.165) is 22.5 Å². The largest absolute Gasteiger partial charge is 0.490 e. The van der Waals surface area contributed by atoms with E-state index in [9.17, 15) is 24.0 Å². The molecule has 18 heteroatoms. The lowest BCUT2D eigenvalue weighted by molar-refractivity contribution is -0.753. The van der Waals surface area contributed by atoms with Gasteiger partial charge in [-0.2, -0.15) is 4.68 Å². The van der Waals surface area contributed by atoms with Crippen LogP contribution in [0.3, 0.4) is 0 Å². The highest BCUT2D eigenvalue weighted by Gasteiger charge is 2.31. The molecule has 0 spiro atoms. The number of alkyl carbamates (subject to hydrolysis) is 1. The highest BCUT2D eigenvalue weighted by molar-refractivity contribution is 7.14. The Balaban J connectivity index is 1.40. The molecule has 3 aromatic rings. The minimum atomic E-state index is -1.65. The number of amides is 2. The van der Waals surface area contributed by atoms with Crippen LogP contribution in [0.15, 0.2) is 42.0 Å². The van der Waals surface area contributed by atoms with Crippen molar-refractivity contribution >= 4 is 46.4 Å². The molecular formula is C35H49N6O11S+. The minimum absolute atomic E-state index is 0.0199. The summed E-state index contributed by atoms with van der Waals surface area (Å²) in [5.41, 5.74) is -0.873. The molecule has 2 heterocycles. The number of carbonyl (C=O) groups excluding carboxylic acids is 4.